The van der Waals surface area contributed by atoms with Gasteiger partial charge in [-0.1, -0.05) is 15.9 Å². The largest absolute Gasteiger partial charge is 0.325 e. The van der Waals surface area contributed by atoms with Crippen LogP contribution in [0.3, 0.4) is 0 Å². The number of nitrogens with zero attached hydrogens (tertiary/aromatic N) is 3. The van der Waals surface area contributed by atoms with Crippen LogP contribution in [0.25, 0.3) is 20.4 Å². The van der Waals surface area contributed by atoms with Crippen LogP contribution in [0, 0.1) is 13.8 Å². The molecule has 136 valence electrons. The Kier molecular flexibility index (Phi) is 4.53. The molecule has 1 N–H and O–H groups in total. The maximum atomic E-state index is 12.8. The van der Waals surface area contributed by atoms with Crippen molar-refractivity contribution in [1.29, 1.82) is 0 Å². The number of hydrogen-bond donors (Lipinski definition) is 1. The second-order valence-corrected chi connectivity index (χ2v) is 8.19. The number of thiophene rings is 1. The first kappa shape index (κ1) is 17.8. The molecule has 0 aliphatic heterocycles. The zero-order valence-corrected chi connectivity index (χ0v) is 17.0. The van der Waals surface area contributed by atoms with E-state index in [4.69, 9.17) is 0 Å². The summed E-state index contributed by atoms with van der Waals surface area (Å²) in [7, 11) is 0. The Morgan fingerprint density at radius 2 is 2.00 bits per heavy atom. The molecule has 0 unspecified atom stereocenters. The highest BCUT2D eigenvalue weighted by atomic mass is 79.9. The molecule has 27 heavy (non-hydrogen) atoms. The molecule has 4 rings (SSSR count). The highest BCUT2D eigenvalue weighted by Gasteiger charge is 2.16. The number of amides is 1. The molecule has 0 aliphatic carbocycles. The number of hydrogen-bond acceptors (Lipinski definition) is 5. The summed E-state index contributed by atoms with van der Waals surface area (Å²) < 4.78 is 2.77. The van der Waals surface area contributed by atoms with Gasteiger partial charge in [0.15, 0.2) is 0 Å². The van der Waals surface area contributed by atoms with Gasteiger partial charge in [0.25, 0.3) is 5.56 Å². The first-order chi connectivity index (χ1) is 12.9. The monoisotopic (exact) mass is 442 g/mol. The summed E-state index contributed by atoms with van der Waals surface area (Å²) in [6, 6.07) is 9.23. The lowest BCUT2D eigenvalue weighted by molar-refractivity contribution is -0.116. The van der Waals surface area contributed by atoms with Gasteiger partial charge in [0.05, 0.1) is 11.8 Å². The molecule has 0 radical (unpaired) electrons. The van der Waals surface area contributed by atoms with E-state index in [1.165, 1.54) is 22.2 Å². The van der Waals surface area contributed by atoms with Crippen LogP contribution < -0.4 is 10.9 Å². The van der Waals surface area contributed by atoms with E-state index in [-0.39, 0.29) is 18.0 Å². The Morgan fingerprint density at radius 1 is 1.26 bits per heavy atom. The quantitative estimate of drug-likeness (QED) is 0.519. The van der Waals surface area contributed by atoms with E-state index in [0.717, 1.165) is 25.9 Å². The number of nitrogens with one attached hydrogen (secondary N) is 1. The Morgan fingerprint density at radius 3 is 2.74 bits per heavy atom. The van der Waals surface area contributed by atoms with Crippen LogP contribution in [-0.2, 0) is 11.3 Å². The molecule has 6 nitrogen and oxygen atoms in total. The lowest BCUT2D eigenvalue weighted by atomic mass is 10.1. The highest BCUT2D eigenvalue weighted by molar-refractivity contribution is 9.10. The van der Waals surface area contributed by atoms with Gasteiger partial charge in [-0.25, -0.2) is 9.97 Å². The van der Waals surface area contributed by atoms with Gasteiger partial charge < -0.3 is 5.32 Å². The van der Waals surface area contributed by atoms with Crippen molar-refractivity contribution in [1.82, 2.24) is 14.5 Å². The molecule has 8 heteroatoms. The molecule has 0 fully saturated rings. The number of carbonyl (C=O) groups excluding carboxylic acids is 1. The average molecular weight is 443 g/mol. The molecule has 0 bridgehead atoms. The minimum atomic E-state index is -0.285. The molecule has 1 aromatic carbocycles. The van der Waals surface area contributed by atoms with Gasteiger partial charge in [-0.05, 0) is 49.7 Å². The maximum Gasteiger partial charge on any atom is 0.271 e. The second-order valence-electron chi connectivity index (χ2n) is 6.27. The van der Waals surface area contributed by atoms with Crippen LogP contribution in [0.5, 0.6) is 0 Å². The molecule has 0 atom stereocenters. The molecule has 4 aromatic rings. The van der Waals surface area contributed by atoms with E-state index in [2.05, 4.69) is 31.2 Å². The molecule has 0 saturated carbocycles. The molecule has 0 spiro atoms. The predicted molar refractivity (Wildman–Crippen MR) is 111 cm³/mol. The van der Waals surface area contributed by atoms with Crippen LogP contribution in [-0.4, -0.2) is 20.4 Å². The molecule has 0 saturated heterocycles. The van der Waals surface area contributed by atoms with E-state index in [1.54, 1.807) is 12.1 Å². The third-order valence-corrected chi connectivity index (χ3v) is 5.77. The fourth-order valence-corrected chi connectivity index (χ4v) is 4.47. The Bertz CT molecular complexity index is 1240. The van der Waals surface area contributed by atoms with Crippen LogP contribution >= 0.6 is 27.3 Å². The summed E-state index contributed by atoms with van der Waals surface area (Å²) in [5, 5.41) is 3.69. The predicted octanol–water partition coefficient (Wildman–Crippen LogP) is 4.02. The zero-order valence-electron chi connectivity index (χ0n) is 14.6. The summed E-state index contributed by atoms with van der Waals surface area (Å²) in [6.45, 7) is 3.81. The van der Waals surface area contributed by atoms with Crippen molar-refractivity contribution >= 4 is 59.3 Å². The zero-order chi connectivity index (χ0) is 19.1. The molecular formula is C19H15BrN4O2S. The Labute approximate surface area is 167 Å². The average Bonchev–Trinajstić information content (AvgIpc) is 2.99. The van der Waals surface area contributed by atoms with Gasteiger partial charge in [-0.2, -0.15) is 0 Å². The number of anilines is 1. The van der Waals surface area contributed by atoms with Crippen LogP contribution in [0.1, 0.15) is 11.3 Å². The number of aromatic nitrogens is 3. The van der Waals surface area contributed by atoms with E-state index >= 15 is 0 Å². The van der Waals surface area contributed by atoms with Gasteiger partial charge in [0.1, 0.15) is 16.1 Å². The molecular weight excluding hydrogens is 428 g/mol. The fraction of sp³-hybridized carbons (Fsp3) is 0.158. The minimum Gasteiger partial charge on any atom is -0.325 e. The summed E-state index contributed by atoms with van der Waals surface area (Å²) in [5.41, 5.74) is 3.03. The smallest absolute Gasteiger partial charge is 0.271 e. The molecule has 3 aromatic heterocycles. The van der Waals surface area contributed by atoms with E-state index in [1.807, 2.05) is 32.0 Å². The highest BCUT2D eigenvalue weighted by Crippen LogP contribution is 2.31. The molecule has 1 amide bonds. The van der Waals surface area contributed by atoms with Gasteiger partial charge in [-0.15, -0.1) is 11.3 Å². The summed E-state index contributed by atoms with van der Waals surface area (Å²) >= 11 is 4.67. The normalized spacial score (nSPS) is 11.2. The summed E-state index contributed by atoms with van der Waals surface area (Å²) in [6.07, 6.45) is 1.43. The topological polar surface area (TPSA) is 76.9 Å². The SMILES string of the molecule is Cc1cc(C)c2c(n1)sc1c(=O)n(CC(=O)Nc3ccc(Br)cc3)cnc12. The number of pyridine rings is 1. The van der Waals surface area contributed by atoms with E-state index in [9.17, 15) is 9.59 Å². The van der Waals surface area contributed by atoms with Crippen LogP contribution in [0.15, 0.2) is 45.9 Å². The van der Waals surface area contributed by atoms with Crippen molar-refractivity contribution in [3.8, 4) is 0 Å². The van der Waals surface area contributed by atoms with Gasteiger partial charge in [0.2, 0.25) is 5.91 Å². The van der Waals surface area contributed by atoms with Crippen molar-refractivity contribution in [2.24, 2.45) is 0 Å². The number of aryl methyl sites for hydroxylation is 2. The third-order valence-electron chi connectivity index (χ3n) is 4.19. The number of benzene rings is 1. The van der Waals surface area contributed by atoms with E-state index in [0.29, 0.717) is 15.9 Å². The van der Waals surface area contributed by atoms with Crippen molar-refractivity contribution in [2.45, 2.75) is 20.4 Å². The molecule has 0 aliphatic rings. The van der Waals surface area contributed by atoms with Gasteiger partial charge in [-0.3, -0.25) is 14.2 Å². The third kappa shape index (κ3) is 3.38. The fourth-order valence-electron chi connectivity index (χ4n) is 3.00. The van der Waals surface area contributed by atoms with Crippen LogP contribution in [0.2, 0.25) is 0 Å². The standard InChI is InChI=1S/C19H15BrN4O2S/c1-10-7-11(2)22-18-15(10)16-17(27-18)19(26)24(9-21-16)8-14(25)23-13-5-3-12(20)4-6-13/h3-7,9H,8H2,1-2H3,(H,23,25). The number of fused-ring (bicyclic) bond motifs is 3. The lowest BCUT2D eigenvalue weighted by Crippen LogP contribution is -2.27. The first-order valence-corrected chi connectivity index (χ1v) is 9.84. The first-order valence-electron chi connectivity index (χ1n) is 8.23. The van der Waals surface area contributed by atoms with Crippen molar-refractivity contribution in [2.75, 3.05) is 5.32 Å². The second kappa shape index (κ2) is 6.86. The molecule has 3 heterocycles. The van der Waals surface area contributed by atoms with Crippen molar-refractivity contribution in [3.63, 3.8) is 0 Å². The van der Waals surface area contributed by atoms with E-state index < -0.39 is 0 Å². The summed E-state index contributed by atoms with van der Waals surface area (Å²) in [5.74, 6) is -0.285. The number of halogens is 1. The van der Waals surface area contributed by atoms with Crippen molar-refractivity contribution < 1.29 is 4.79 Å². The van der Waals surface area contributed by atoms with Crippen LogP contribution in [0.4, 0.5) is 5.69 Å². The number of rotatable bonds is 3. The number of carbonyl (C=O) groups is 1. The Hall–Kier alpha value is -2.58. The maximum absolute atomic E-state index is 12.8. The van der Waals surface area contributed by atoms with Gasteiger partial charge in [0, 0.05) is 21.2 Å². The minimum absolute atomic E-state index is 0.0997. The van der Waals surface area contributed by atoms with Crippen molar-refractivity contribution in [3.05, 3.63) is 62.7 Å². The lowest BCUT2D eigenvalue weighted by Gasteiger charge is -2.07. The van der Waals surface area contributed by atoms with Gasteiger partial charge >= 0.3 is 0 Å². The Balaban J connectivity index is 1.68. The summed E-state index contributed by atoms with van der Waals surface area (Å²) in [4.78, 5) is 34.9.